The first-order valence-corrected chi connectivity index (χ1v) is 13.1. The summed E-state index contributed by atoms with van der Waals surface area (Å²) in [4.78, 5) is 14.0. The molecule has 1 aliphatic heterocycles. The second-order valence-electron chi connectivity index (χ2n) is 9.34. The van der Waals surface area contributed by atoms with Crippen molar-refractivity contribution in [2.75, 3.05) is 48.1 Å². The van der Waals surface area contributed by atoms with Gasteiger partial charge in [0.05, 0.1) is 35.0 Å². The van der Waals surface area contributed by atoms with Gasteiger partial charge in [-0.15, -0.1) is 0 Å². The maximum Gasteiger partial charge on any atom is 0.330 e. The van der Waals surface area contributed by atoms with E-state index in [0.717, 1.165) is 53.3 Å². The molecule has 39 heavy (non-hydrogen) atoms. The molecule has 0 spiro atoms. The van der Waals surface area contributed by atoms with E-state index in [1.165, 1.54) is 13.2 Å². The summed E-state index contributed by atoms with van der Waals surface area (Å²) in [5, 5.41) is 0. The van der Waals surface area contributed by atoms with Crippen molar-refractivity contribution in [3.8, 4) is 17.2 Å². The van der Waals surface area contributed by atoms with Crippen molar-refractivity contribution in [2.24, 2.45) is 0 Å². The normalized spacial score (nSPS) is 15.8. The van der Waals surface area contributed by atoms with E-state index in [9.17, 15) is 4.79 Å². The molecule has 0 N–H and O–H groups in total. The van der Waals surface area contributed by atoms with Crippen LogP contribution in [-0.2, 0) is 19.9 Å². The largest absolute Gasteiger partial charge is 0.497 e. The van der Waals surface area contributed by atoms with Gasteiger partial charge in [-0.25, -0.2) is 4.79 Å². The minimum atomic E-state index is -0.901. The fourth-order valence-corrected chi connectivity index (χ4v) is 5.15. The molecule has 0 amide bonds. The van der Waals surface area contributed by atoms with Gasteiger partial charge < -0.3 is 23.7 Å². The Morgan fingerprint density at radius 1 is 0.795 bits per heavy atom. The van der Waals surface area contributed by atoms with E-state index in [1.807, 2.05) is 78.9 Å². The van der Waals surface area contributed by atoms with Crippen LogP contribution in [0.2, 0.25) is 0 Å². The quantitative estimate of drug-likeness (QED) is 0.180. The van der Waals surface area contributed by atoms with Crippen molar-refractivity contribution in [1.82, 2.24) is 4.90 Å². The molecule has 3 aromatic rings. The summed E-state index contributed by atoms with van der Waals surface area (Å²) >= 11 is 0. The van der Waals surface area contributed by atoms with Crippen molar-refractivity contribution in [3.63, 3.8) is 0 Å². The molecule has 1 atom stereocenters. The maximum absolute atomic E-state index is 11.6. The van der Waals surface area contributed by atoms with E-state index in [0.29, 0.717) is 13.2 Å². The van der Waals surface area contributed by atoms with Crippen LogP contribution >= 0.6 is 0 Å². The molecule has 1 saturated heterocycles. The summed E-state index contributed by atoms with van der Waals surface area (Å²) in [6, 6.07) is 24.2. The lowest BCUT2D eigenvalue weighted by Gasteiger charge is -2.37. The van der Waals surface area contributed by atoms with Gasteiger partial charge in [0, 0.05) is 18.7 Å². The van der Waals surface area contributed by atoms with Gasteiger partial charge in [0.1, 0.15) is 22.8 Å². The molecule has 0 aliphatic carbocycles. The van der Waals surface area contributed by atoms with E-state index in [-0.39, 0.29) is 12.0 Å². The van der Waals surface area contributed by atoms with E-state index in [1.54, 1.807) is 21.3 Å². The highest BCUT2D eigenvalue weighted by molar-refractivity contribution is 5.81. The molecule has 1 heterocycles. The molecule has 0 saturated carbocycles. The van der Waals surface area contributed by atoms with Crippen LogP contribution in [0.1, 0.15) is 29.5 Å². The van der Waals surface area contributed by atoms with Crippen LogP contribution in [0.25, 0.3) is 0 Å². The van der Waals surface area contributed by atoms with Crippen molar-refractivity contribution in [2.45, 2.75) is 24.5 Å². The molecule has 0 radical (unpaired) electrons. The predicted molar refractivity (Wildman–Crippen MR) is 151 cm³/mol. The molecule has 1 fully saturated rings. The van der Waals surface area contributed by atoms with Gasteiger partial charge >= 0.3 is 5.97 Å². The zero-order valence-electron chi connectivity index (χ0n) is 23.1. The Hall–Kier alpha value is -3.81. The Morgan fingerprint density at radius 2 is 1.26 bits per heavy atom. The second kappa shape index (κ2) is 13.3. The van der Waals surface area contributed by atoms with Gasteiger partial charge in [0.25, 0.3) is 0 Å². The van der Waals surface area contributed by atoms with Crippen molar-refractivity contribution in [3.05, 3.63) is 102 Å². The van der Waals surface area contributed by atoms with Crippen molar-refractivity contribution < 1.29 is 28.5 Å². The molecule has 7 heteroatoms. The number of benzene rings is 3. The van der Waals surface area contributed by atoms with E-state index >= 15 is 0 Å². The highest BCUT2D eigenvalue weighted by atomic mass is 16.5. The number of carbonyl (C=O) groups is 1. The third-order valence-electron chi connectivity index (χ3n) is 7.26. The lowest BCUT2D eigenvalue weighted by Crippen LogP contribution is -2.37. The van der Waals surface area contributed by atoms with Gasteiger partial charge in [0.2, 0.25) is 0 Å². The third-order valence-corrected chi connectivity index (χ3v) is 7.26. The van der Waals surface area contributed by atoms with E-state index in [2.05, 4.69) is 4.90 Å². The Balaban J connectivity index is 1.72. The lowest BCUT2D eigenvalue weighted by atomic mass is 9.80. The van der Waals surface area contributed by atoms with Gasteiger partial charge in [0.15, 0.2) is 0 Å². The fraction of sp³-hybridized carbons (Fsp3) is 0.344. The molecule has 4 rings (SSSR count). The number of esters is 1. The lowest BCUT2D eigenvalue weighted by molar-refractivity contribution is -0.134. The molecule has 0 bridgehead atoms. The number of nitrogens with zero attached hydrogens (tertiary/aromatic N) is 1. The van der Waals surface area contributed by atoms with Crippen LogP contribution in [-0.4, -0.2) is 65.0 Å². The van der Waals surface area contributed by atoms with Crippen LogP contribution in [0.15, 0.2) is 84.9 Å². The van der Waals surface area contributed by atoms with Gasteiger partial charge in [-0.3, -0.25) is 4.90 Å². The van der Waals surface area contributed by atoms with Crippen LogP contribution < -0.4 is 14.2 Å². The third kappa shape index (κ3) is 6.44. The molecule has 3 aromatic carbocycles. The zero-order valence-corrected chi connectivity index (χ0v) is 23.1. The van der Waals surface area contributed by atoms with Crippen LogP contribution in [0.5, 0.6) is 17.2 Å². The molecular formula is C32H37NO6. The number of ether oxygens (including phenoxy) is 5. The predicted octanol–water partition coefficient (Wildman–Crippen LogP) is 5.21. The van der Waals surface area contributed by atoms with Crippen LogP contribution in [0.3, 0.4) is 0 Å². The standard InChI is InChI=1S/C32H37NO6/c1-35-28-14-7-24(8-15-28)32(25-9-16-29(36-2)17-10-25,26-11-18-30(37-3)19-12-26)39-23-22-33-21-5-6-27(33)13-20-31(34)38-4/h7-20,27H,5-6,21-23H2,1-4H3/b20-13-/t27-/m0/s1. The molecule has 0 aromatic heterocycles. The number of hydrogen-bond acceptors (Lipinski definition) is 7. The Labute approximate surface area is 230 Å². The summed E-state index contributed by atoms with van der Waals surface area (Å²) in [6.45, 7) is 2.12. The average Bonchev–Trinajstić information content (AvgIpc) is 3.45. The minimum absolute atomic E-state index is 0.171. The SMILES string of the molecule is COC(=O)/C=C\[C@@H]1CCCN1CCOC(c1ccc(OC)cc1)(c1ccc(OC)cc1)c1ccc(OC)cc1. The van der Waals surface area contributed by atoms with Gasteiger partial charge in [-0.1, -0.05) is 42.5 Å². The monoisotopic (exact) mass is 531 g/mol. The highest BCUT2D eigenvalue weighted by Gasteiger charge is 2.38. The smallest absolute Gasteiger partial charge is 0.330 e. The highest BCUT2D eigenvalue weighted by Crippen LogP contribution is 2.42. The van der Waals surface area contributed by atoms with Crippen LogP contribution in [0, 0.1) is 0 Å². The Kier molecular flexibility index (Phi) is 9.63. The summed E-state index contributed by atoms with van der Waals surface area (Å²) in [5.74, 6) is 1.98. The maximum atomic E-state index is 11.6. The van der Waals surface area contributed by atoms with Gasteiger partial charge in [-0.2, -0.15) is 0 Å². The summed E-state index contributed by atoms with van der Waals surface area (Å²) in [6.07, 6.45) is 5.51. The van der Waals surface area contributed by atoms with E-state index < -0.39 is 5.60 Å². The Bertz CT molecular complexity index is 1110. The first kappa shape index (κ1) is 28.2. The molecule has 206 valence electrons. The van der Waals surface area contributed by atoms with Gasteiger partial charge in [-0.05, 0) is 72.5 Å². The zero-order chi connectivity index (χ0) is 27.7. The number of carbonyl (C=O) groups excluding carboxylic acids is 1. The summed E-state index contributed by atoms with van der Waals surface area (Å²) in [5.41, 5.74) is 2.02. The minimum Gasteiger partial charge on any atom is -0.497 e. The summed E-state index contributed by atoms with van der Waals surface area (Å²) < 4.78 is 28.1. The van der Waals surface area contributed by atoms with Crippen LogP contribution in [0.4, 0.5) is 0 Å². The summed E-state index contributed by atoms with van der Waals surface area (Å²) in [7, 11) is 6.37. The molecule has 7 nitrogen and oxygen atoms in total. The average molecular weight is 532 g/mol. The number of likely N-dealkylation sites (tertiary alicyclic amines) is 1. The molecule has 0 unspecified atom stereocenters. The first-order valence-electron chi connectivity index (χ1n) is 13.1. The number of rotatable bonds is 12. The molecular weight excluding hydrogens is 494 g/mol. The fourth-order valence-electron chi connectivity index (χ4n) is 5.15. The molecule has 1 aliphatic rings. The van der Waals surface area contributed by atoms with E-state index in [4.69, 9.17) is 23.7 Å². The Morgan fingerprint density at radius 3 is 1.67 bits per heavy atom. The van der Waals surface area contributed by atoms with Crippen molar-refractivity contribution >= 4 is 5.97 Å². The number of hydrogen-bond donors (Lipinski definition) is 0. The second-order valence-corrected chi connectivity index (χ2v) is 9.34. The van der Waals surface area contributed by atoms with Crippen molar-refractivity contribution in [1.29, 1.82) is 0 Å². The number of methoxy groups -OCH3 is 4. The topological polar surface area (TPSA) is 66.5 Å². The first-order chi connectivity index (χ1) is 19.0.